The number of rotatable bonds is 4. The van der Waals surface area contributed by atoms with Crippen LogP contribution in [0.25, 0.3) is 11.0 Å². The minimum atomic E-state index is -4.41. The fraction of sp³-hybridized carbons (Fsp3) is 0.250. The lowest BCUT2D eigenvalue weighted by molar-refractivity contribution is -0.384. The van der Waals surface area contributed by atoms with Crippen molar-refractivity contribution >= 4 is 49.9 Å². The van der Waals surface area contributed by atoms with E-state index in [9.17, 15) is 23.3 Å². The maximum absolute atomic E-state index is 13.2. The number of aryl methyl sites for hydroxylation is 2. The largest absolute Gasteiger partial charge is 0.461 e. The van der Waals surface area contributed by atoms with Gasteiger partial charge in [0.15, 0.2) is 0 Å². The predicted molar refractivity (Wildman–Crippen MR) is 111 cm³/mol. The van der Waals surface area contributed by atoms with Crippen molar-refractivity contribution in [3.05, 3.63) is 62.9 Å². The summed E-state index contributed by atoms with van der Waals surface area (Å²) < 4.78 is 33.0. The molecule has 0 saturated carbocycles. The number of amides is 1. The number of nitro benzene ring substituents is 1. The quantitative estimate of drug-likeness (QED) is 0.425. The van der Waals surface area contributed by atoms with E-state index in [-0.39, 0.29) is 10.7 Å². The smallest absolute Gasteiger partial charge is 0.289 e. The molecule has 156 valence electrons. The second kappa shape index (κ2) is 7.41. The first-order valence-corrected chi connectivity index (χ1v) is 11.1. The molecule has 4 rings (SSSR count). The van der Waals surface area contributed by atoms with Crippen LogP contribution in [0.15, 0.2) is 45.7 Å². The van der Waals surface area contributed by atoms with Crippen LogP contribution in [0.5, 0.6) is 0 Å². The zero-order valence-corrected chi connectivity index (χ0v) is 17.5. The molecule has 0 radical (unpaired) electrons. The molecule has 1 amide bonds. The van der Waals surface area contributed by atoms with Crippen molar-refractivity contribution in [1.82, 2.24) is 0 Å². The number of hydrogen-bond donors (Lipinski definition) is 0. The van der Waals surface area contributed by atoms with Gasteiger partial charge in [0.05, 0.1) is 15.5 Å². The second-order valence-corrected chi connectivity index (χ2v) is 9.24. The zero-order chi connectivity index (χ0) is 21.6. The van der Waals surface area contributed by atoms with Crippen molar-refractivity contribution < 1.29 is 22.6 Å². The van der Waals surface area contributed by atoms with Gasteiger partial charge < -0.3 is 4.42 Å². The van der Waals surface area contributed by atoms with Crippen LogP contribution in [-0.2, 0) is 27.7 Å². The Bertz CT molecular complexity index is 1300. The minimum Gasteiger partial charge on any atom is -0.461 e. The van der Waals surface area contributed by atoms with Gasteiger partial charge in [0.2, 0.25) is 5.91 Å². The molecule has 0 unspecified atom stereocenters. The fourth-order valence-electron chi connectivity index (χ4n) is 3.77. The van der Waals surface area contributed by atoms with E-state index in [4.69, 9.17) is 16.0 Å². The van der Waals surface area contributed by atoms with Gasteiger partial charge in [-0.3, -0.25) is 14.9 Å². The fourth-order valence-corrected chi connectivity index (χ4v) is 5.39. The van der Waals surface area contributed by atoms with Crippen molar-refractivity contribution in [3.8, 4) is 0 Å². The van der Waals surface area contributed by atoms with Crippen molar-refractivity contribution in [2.75, 3.05) is 4.31 Å². The lowest BCUT2D eigenvalue weighted by Crippen LogP contribution is -2.35. The van der Waals surface area contributed by atoms with Crippen LogP contribution in [0.3, 0.4) is 0 Å². The van der Waals surface area contributed by atoms with Crippen LogP contribution in [0.2, 0.25) is 5.02 Å². The number of nitro groups is 1. The number of fused-ring (bicyclic) bond motifs is 3. The molecule has 30 heavy (non-hydrogen) atoms. The molecule has 1 heterocycles. The highest BCUT2D eigenvalue weighted by atomic mass is 35.5. The van der Waals surface area contributed by atoms with Crippen LogP contribution in [0.1, 0.15) is 31.1 Å². The lowest BCUT2D eigenvalue weighted by Gasteiger charge is -2.21. The summed E-state index contributed by atoms with van der Waals surface area (Å²) in [5.74, 6) is 0.142. The van der Waals surface area contributed by atoms with E-state index in [1.807, 2.05) is 0 Å². The number of carbonyl (C=O) groups excluding carboxylic acids is 1. The van der Waals surface area contributed by atoms with Crippen LogP contribution in [0, 0.1) is 10.1 Å². The Labute approximate surface area is 177 Å². The van der Waals surface area contributed by atoms with Gasteiger partial charge in [0.25, 0.3) is 15.7 Å². The molecule has 8 nitrogen and oxygen atoms in total. The number of sulfonamides is 1. The number of nitrogens with zero attached hydrogens (tertiary/aromatic N) is 2. The predicted octanol–water partition coefficient (Wildman–Crippen LogP) is 4.62. The van der Waals surface area contributed by atoms with Gasteiger partial charge in [-0.05, 0) is 49.6 Å². The van der Waals surface area contributed by atoms with E-state index in [1.165, 1.54) is 6.07 Å². The minimum absolute atomic E-state index is 0.141. The summed E-state index contributed by atoms with van der Waals surface area (Å²) in [6, 6.07) is 7.86. The van der Waals surface area contributed by atoms with Gasteiger partial charge in [-0.25, -0.2) is 12.7 Å². The van der Waals surface area contributed by atoms with E-state index in [1.54, 1.807) is 12.1 Å². The number of halogens is 1. The molecule has 2 aromatic carbocycles. The third kappa shape index (κ3) is 3.33. The summed E-state index contributed by atoms with van der Waals surface area (Å²) in [5.41, 5.74) is 1.25. The van der Waals surface area contributed by atoms with Crippen molar-refractivity contribution in [2.45, 2.75) is 37.5 Å². The lowest BCUT2D eigenvalue weighted by atomic mass is 9.96. The number of carbonyl (C=O) groups is 1. The molecule has 0 N–H and O–H groups in total. The van der Waals surface area contributed by atoms with Crippen LogP contribution >= 0.6 is 11.6 Å². The molecule has 0 saturated heterocycles. The summed E-state index contributed by atoms with van der Waals surface area (Å²) in [6.07, 6.45) is 3.68. The average molecular weight is 449 g/mol. The highest BCUT2D eigenvalue weighted by Crippen LogP contribution is 2.36. The molecule has 0 aliphatic heterocycles. The molecule has 3 aromatic rings. The number of furan rings is 1. The SMILES string of the molecule is CC(=O)N(c1ccc2oc3c(c2c1)CCCC3)S(=O)(=O)c1ccc(Cl)c([N+](=O)[O-])c1. The van der Waals surface area contributed by atoms with Crippen molar-refractivity contribution in [3.63, 3.8) is 0 Å². The Morgan fingerprint density at radius 2 is 1.90 bits per heavy atom. The molecule has 0 bridgehead atoms. The van der Waals surface area contributed by atoms with Crippen LogP contribution in [0.4, 0.5) is 11.4 Å². The van der Waals surface area contributed by atoms with E-state index in [0.29, 0.717) is 9.89 Å². The summed E-state index contributed by atoms with van der Waals surface area (Å²) >= 11 is 5.79. The summed E-state index contributed by atoms with van der Waals surface area (Å²) in [5, 5.41) is 11.7. The first kappa shape index (κ1) is 20.4. The molecule has 1 aromatic heterocycles. The average Bonchev–Trinajstić information content (AvgIpc) is 3.05. The Morgan fingerprint density at radius 3 is 2.60 bits per heavy atom. The standard InChI is InChI=1S/C20H17ClN2O6S/c1-12(24)22(30(27,28)14-7-8-17(21)18(11-14)23(25)26)13-6-9-20-16(10-13)15-4-2-3-5-19(15)29-20/h6-11H,2-5H2,1H3. The van der Waals surface area contributed by atoms with Gasteiger partial charge in [0, 0.05) is 30.4 Å². The first-order chi connectivity index (χ1) is 14.2. The maximum Gasteiger partial charge on any atom is 0.289 e. The Balaban J connectivity index is 1.85. The molecule has 0 spiro atoms. The summed E-state index contributed by atoms with van der Waals surface area (Å²) in [7, 11) is -4.41. The first-order valence-electron chi connectivity index (χ1n) is 9.24. The van der Waals surface area contributed by atoms with Gasteiger partial charge in [-0.15, -0.1) is 0 Å². The van der Waals surface area contributed by atoms with E-state index in [0.717, 1.165) is 67.5 Å². The second-order valence-electron chi connectivity index (χ2n) is 7.05. The highest BCUT2D eigenvalue weighted by molar-refractivity contribution is 7.93. The molecular weight excluding hydrogens is 432 g/mol. The number of hydrogen-bond acceptors (Lipinski definition) is 6. The monoisotopic (exact) mass is 448 g/mol. The Kier molecular flexibility index (Phi) is 5.03. The van der Waals surface area contributed by atoms with E-state index >= 15 is 0 Å². The summed E-state index contributed by atoms with van der Waals surface area (Å²) in [4.78, 5) is 22.4. The topological polar surface area (TPSA) is 111 Å². The molecule has 1 aliphatic carbocycles. The molecule has 0 fully saturated rings. The highest BCUT2D eigenvalue weighted by Gasteiger charge is 2.31. The number of anilines is 1. The molecular formula is C20H17ClN2O6S. The molecule has 0 atom stereocenters. The van der Waals surface area contributed by atoms with Crippen molar-refractivity contribution in [1.29, 1.82) is 0 Å². The Morgan fingerprint density at radius 1 is 1.17 bits per heavy atom. The summed E-state index contributed by atoms with van der Waals surface area (Å²) in [6.45, 7) is 1.12. The molecule has 1 aliphatic rings. The third-order valence-electron chi connectivity index (χ3n) is 5.11. The normalized spacial score (nSPS) is 13.8. The van der Waals surface area contributed by atoms with Crippen molar-refractivity contribution in [2.24, 2.45) is 0 Å². The molecule has 10 heteroatoms. The van der Waals surface area contributed by atoms with Gasteiger partial charge in [-0.1, -0.05) is 11.6 Å². The number of benzene rings is 2. The van der Waals surface area contributed by atoms with Gasteiger partial charge in [0.1, 0.15) is 16.4 Å². The van der Waals surface area contributed by atoms with Crippen LogP contribution < -0.4 is 4.31 Å². The van der Waals surface area contributed by atoms with Crippen LogP contribution in [-0.4, -0.2) is 19.2 Å². The Hall–Kier alpha value is -2.91. The van der Waals surface area contributed by atoms with Gasteiger partial charge in [-0.2, -0.15) is 0 Å². The van der Waals surface area contributed by atoms with Gasteiger partial charge >= 0.3 is 0 Å². The zero-order valence-electron chi connectivity index (χ0n) is 15.9. The maximum atomic E-state index is 13.2. The third-order valence-corrected chi connectivity index (χ3v) is 7.23. The van der Waals surface area contributed by atoms with E-state index < -0.39 is 31.4 Å². The van der Waals surface area contributed by atoms with E-state index in [2.05, 4.69) is 0 Å².